The van der Waals surface area contributed by atoms with Gasteiger partial charge in [-0.05, 0) is 38.0 Å². The molecule has 0 fully saturated rings. The van der Waals surface area contributed by atoms with E-state index in [2.05, 4.69) is 16.7 Å². The summed E-state index contributed by atoms with van der Waals surface area (Å²) in [6, 6.07) is -1.22. The van der Waals surface area contributed by atoms with Gasteiger partial charge in [-0.1, -0.05) is 31.9 Å². The van der Waals surface area contributed by atoms with Crippen molar-refractivity contribution in [3.63, 3.8) is 0 Å². The minimum Gasteiger partial charge on any atom is -0.480 e. The average Bonchev–Trinajstić information content (AvgIpc) is 2.45. The lowest BCUT2D eigenvalue weighted by atomic mass is 9.97. The summed E-state index contributed by atoms with van der Waals surface area (Å²) in [6.45, 7) is 4.30. The molecule has 114 valence electrons. The lowest BCUT2D eigenvalue weighted by molar-refractivity contribution is -0.140. The van der Waals surface area contributed by atoms with Crippen LogP contribution in [-0.4, -0.2) is 29.7 Å². The summed E-state index contributed by atoms with van der Waals surface area (Å²) in [6.07, 6.45) is 8.56. The second kappa shape index (κ2) is 8.61. The Bertz CT molecular complexity index is 366. The molecular weight excluding hydrogens is 256 g/mol. The van der Waals surface area contributed by atoms with Crippen LogP contribution in [0.25, 0.3) is 0 Å². The van der Waals surface area contributed by atoms with E-state index in [4.69, 9.17) is 5.11 Å². The zero-order valence-corrected chi connectivity index (χ0v) is 12.4. The summed E-state index contributed by atoms with van der Waals surface area (Å²) in [5.41, 5.74) is 1.40. The van der Waals surface area contributed by atoms with Gasteiger partial charge >= 0.3 is 12.0 Å². The fourth-order valence-corrected chi connectivity index (χ4v) is 2.34. The molecule has 3 N–H and O–H groups in total. The Morgan fingerprint density at radius 3 is 2.70 bits per heavy atom. The third kappa shape index (κ3) is 5.63. The average molecular weight is 282 g/mol. The Kier molecular flexibility index (Phi) is 7.12. The number of carbonyl (C=O) groups is 2. The first-order valence-electron chi connectivity index (χ1n) is 7.49. The van der Waals surface area contributed by atoms with Crippen LogP contribution in [0.5, 0.6) is 0 Å². The monoisotopic (exact) mass is 282 g/mol. The van der Waals surface area contributed by atoms with Gasteiger partial charge in [0.25, 0.3) is 0 Å². The van der Waals surface area contributed by atoms with E-state index in [1.54, 1.807) is 0 Å². The highest BCUT2D eigenvalue weighted by molar-refractivity contribution is 5.82. The van der Waals surface area contributed by atoms with E-state index in [1.165, 1.54) is 18.4 Å². The van der Waals surface area contributed by atoms with Crippen LogP contribution in [0.2, 0.25) is 0 Å². The maximum absolute atomic E-state index is 11.7. The molecule has 0 aliphatic heterocycles. The molecule has 0 bridgehead atoms. The Balaban J connectivity index is 2.31. The van der Waals surface area contributed by atoms with E-state index in [1.807, 2.05) is 13.8 Å². The molecule has 0 aromatic heterocycles. The van der Waals surface area contributed by atoms with E-state index in [9.17, 15) is 9.59 Å². The molecule has 0 saturated heterocycles. The number of rotatable bonds is 7. The van der Waals surface area contributed by atoms with E-state index in [0.717, 1.165) is 19.3 Å². The number of hydrogen-bond acceptors (Lipinski definition) is 2. The van der Waals surface area contributed by atoms with Gasteiger partial charge in [-0.2, -0.15) is 0 Å². The summed E-state index contributed by atoms with van der Waals surface area (Å²) < 4.78 is 0. The molecule has 1 aliphatic rings. The first-order valence-corrected chi connectivity index (χ1v) is 7.49. The fraction of sp³-hybridized carbons (Fsp3) is 0.733. The Morgan fingerprint density at radius 2 is 2.15 bits per heavy atom. The standard InChI is InChI=1S/C15H26N2O3/c1-3-11(2)13(14(18)19)17-15(20)16-10-9-12-7-5-4-6-8-12/h7,11,13H,3-6,8-10H2,1-2H3,(H,18,19)(H2,16,17,20)/t11-,13-/m0/s1. The highest BCUT2D eigenvalue weighted by atomic mass is 16.4. The molecular formula is C15H26N2O3. The SMILES string of the molecule is CC[C@H](C)[C@H](NC(=O)NCCC1=CCCCC1)C(=O)O. The largest absolute Gasteiger partial charge is 0.480 e. The van der Waals surface area contributed by atoms with E-state index >= 15 is 0 Å². The molecule has 0 saturated carbocycles. The molecule has 0 heterocycles. The van der Waals surface area contributed by atoms with Gasteiger partial charge in [-0.15, -0.1) is 0 Å². The van der Waals surface area contributed by atoms with Crippen LogP contribution in [-0.2, 0) is 4.79 Å². The summed E-state index contributed by atoms with van der Waals surface area (Å²) >= 11 is 0. The zero-order valence-electron chi connectivity index (χ0n) is 12.4. The lowest BCUT2D eigenvalue weighted by Crippen LogP contribution is -2.49. The zero-order chi connectivity index (χ0) is 15.0. The van der Waals surface area contributed by atoms with Gasteiger partial charge in [-0.3, -0.25) is 0 Å². The van der Waals surface area contributed by atoms with E-state index < -0.39 is 18.0 Å². The van der Waals surface area contributed by atoms with Crippen LogP contribution in [0.1, 0.15) is 52.4 Å². The molecule has 0 spiro atoms. The smallest absolute Gasteiger partial charge is 0.326 e. The van der Waals surface area contributed by atoms with Crippen LogP contribution in [0.4, 0.5) is 4.79 Å². The number of hydrogen-bond donors (Lipinski definition) is 3. The highest BCUT2D eigenvalue weighted by Crippen LogP contribution is 2.19. The first-order chi connectivity index (χ1) is 9.54. The summed E-state index contributed by atoms with van der Waals surface area (Å²) in [7, 11) is 0. The number of carboxylic acid groups (broad SMARTS) is 1. The van der Waals surface area contributed by atoms with Crippen LogP contribution in [0.15, 0.2) is 11.6 Å². The molecule has 5 nitrogen and oxygen atoms in total. The second-order valence-corrected chi connectivity index (χ2v) is 5.46. The molecule has 0 radical (unpaired) electrons. The normalized spacial score (nSPS) is 17.8. The van der Waals surface area contributed by atoms with Gasteiger partial charge in [0, 0.05) is 6.54 Å². The molecule has 2 atom stereocenters. The third-order valence-electron chi connectivity index (χ3n) is 3.88. The number of carboxylic acids is 1. The van der Waals surface area contributed by atoms with Crippen molar-refractivity contribution in [2.24, 2.45) is 5.92 Å². The Labute approximate surface area is 120 Å². The number of amides is 2. The van der Waals surface area contributed by atoms with Crippen molar-refractivity contribution in [2.75, 3.05) is 6.54 Å². The van der Waals surface area contributed by atoms with Crippen molar-refractivity contribution in [1.29, 1.82) is 0 Å². The maximum Gasteiger partial charge on any atom is 0.326 e. The van der Waals surface area contributed by atoms with Gasteiger partial charge in [0.15, 0.2) is 0 Å². The second-order valence-electron chi connectivity index (χ2n) is 5.46. The molecule has 1 aliphatic carbocycles. The fourth-order valence-electron chi connectivity index (χ4n) is 2.34. The molecule has 0 aromatic rings. The van der Waals surface area contributed by atoms with Gasteiger partial charge in [0.05, 0.1) is 0 Å². The highest BCUT2D eigenvalue weighted by Gasteiger charge is 2.24. The Hall–Kier alpha value is -1.52. The van der Waals surface area contributed by atoms with E-state index in [0.29, 0.717) is 13.0 Å². The van der Waals surface area contributed by atoms with Crippen molar-refractivity contribution >= 4 is 12.0 Å². The van der Waals surface area contributed by atoms with E-state index in [-0.39, 0.29) is 5.92 Å². The van der Waals surface area contributed by atoms with Crippen molar-refractivity contribution in [3.05, 3.63) is 11.6 Å². The van der Waals surface area contributed by atoms with Crippen molar-refractivity contribution in [3.8, 4) is 0 Å². The molecule has 0 aromatic carbocycles. The first kappa shape index (κ1) is 16.5. The molecule has 2 amide bonds. The third-order valence-corrected chi connectivity index (χ3v) is 3.88. The van der Waals surface area contributed by atoms with Gasteiger partial charge < -0.3 is 15.7 Å². The van der Waals surface area contributed by atoms with Crippen LogP contribution >= 0.6 is 0 Å². The van der Waals surface area contributed by atoms with Crippen LogP contribution in [0.3, 0.4) is 0 Å². The van der Waals surface area contributed by atoms with Gasteiger partial charge in [-0.25, -0.2) is 9.59 Å². The minimum atomic E-state index is -0.982. The summed E-state index contributed by atoms with van der Waals surface area (Å²) in [5, 5.41) is 14.4. The number of carbonyl (C=O) groups excluding carboxylic acids is 1. The summed E-state index contributed by atoms with van der Waals surface area (Å²) in [5.74, 6) is -1.07. The van der Waals surface area contributed by atoms with Crippen molar-refractivity contribution in [1.82, 2.24) is 10.6 Å². The lowest BCUT2D eigenvalue weighted by Gasteiger charge is -2.20. The van der Waals surface area contributed by atoms with Gasteiger partial charge in [0.2, 0.25) is 0 Å². The van der Waals surface area contributed by atoms with Crippen molar-refractivity contribution < 1.29 is 14.7 Å². The quantitative estimate of drug-likeness (QED) is 0.628. The number of nitrogens with one attached hydrogen (secondary N) is 2. The van der Waals surface area contributed by atoms with Crippen molar-refractivity contribution in [2.45, 2.75) is 58.4 Å². The molecule has 1 rings (SSSR count). The minimum absolute atomic E-state index is 0.0840. The molecule has 5 heteroatoms. The molecule has 0 unspecified atom stereocenters. The van der Waals surface area contributed by atoms with Crippen LogP contribution < -0.4 is 10.6 Å². The predicted octanol–water partition coefficient (Wildman–Crippen LogP) is 2.68. The number of allylic oxidation sites excluding steroid dienone is 1. The summed E-state index contributed by atoms with van der Waals surface area (Å²) in [4.78, 5) is 22.8. The van der Waals surface area contributed by atoms with Crippen LogP contribution in [0, 0.1) is 5.92 Å². The predicted molar refractivity (Wildman–Crippen MR) is 78.6 cm³/mol. The Morgan fingerprint density at radius 1 is 1.40 bits per heavy atom. The molecule has 20 heavy (non-hydrogen) atoms. The number of urea groups is 1. The number of aliphatic carboxylic acids is 1. The topological polar surface area (TPSA) is 78.4 Å². The maximum atomic E-state index is 11.7. The van der Waals surface area contributed by atoms with Gasteiger partial charge in [0.1, 0.15) is 6.04 Å².